The number of rotatable bonds is 6. The zero-order valence-corrected chi connectivity index (χ0v) is 14.2. The van der Waals surface area contributed by atoms with Gasteiger partial charge < -0.3 is 4.90 Å². The number of halogens is 3. The third kappa shape index (κ3) is 4.66. The Morgan fingerprint density at radius 3 is 2.42 bits per heavy atom. The van der Waals surface area contributed by atoms with E-state index in [4.69, 9.17) is 23.2 Å². The Morgan fingerprint density at radius 2 is 1.95 bits per heavy atom. The highest BCUT2D eigenvalue weighted by molar-refractivity contribution is 9.10. The van der Waals surface area contributed by atoms with Gasteiger partial charge in [-0.2, -0.15) is 0 Å². The zero-order chi connectivity index (χ0) is 14.4. The minimum Gasteiger partial charge on any atom is -0.334 e. The number of amides is 1. The summed E-state index contributed by atoms with van der Waals surface area (Å²) < 4.78 is 0.804. The summed E-state index contributed by atoms with van der Waals surface area (Å²) in [5.41, 5.74) is 0.594. The first-order chi connectivity index (χ1) is 9.03. The quantitative estimate of drug-likeness (QED) is 0.650. The molecule has 0 saturated heterocycles. The highest BCUT2D eigenvalue weighted by Crippen LogP contribution is 2.22. The number of carbonyl (C=O) groups is 1. The molecule has 5 heteroatoms. The molecule has 0 aliphatic rings. The topological polar surface area (TPSA) is 20.3 Å². The number of nitrogens with zero attached hydrogens (tertiary/aromatic N) is 1. The maximum absolute atomic E-state index is 12.6. The van der Waals surface area contributed by atoms with Gasteiger partial charge in [0.2, 0.25) is 0 Å². The monoisotopic (exact) mass is 365 g/mol. The van der Waals surface area contributed by atoms with Gasteiger partial charge >= 0.3 is 0 Å². The Hall–Kier alpha value is -0.250. The van der Waals surface area contributed by atoms with E-state index in [9.17, 15) is 4.79 Å². The number of hydrogen-bond acceptors (Lipinski definition) is 1. The van der Waals surface area contributed by atoms with Gasteiger partial charge in [0.15, 0.2) is 0 Å². The largest absolute Gasteiger partial charge is 0.334 e. The van der Waals surface area contributed by atoms with E-state index in [1.807, 2.05) is 4.90 Å². The van der Waals surface area contributed by atoms with Crippen LogP contribution in [0.4, 0.5) is 0 Å². The molecule has 0 bridgehead atoms. The number of carbonyl (C=O) groups excluding carboxylic acids is 1. The second-order valence-corrected chi connectivity index (χ2v) is 6.05. The van der Waals surface area contributed by atoms with Crippen LogP contribution in [0.1, 0.15) is 37.0 Å². The van der Waals surface area contributed by atoms with Gasteiger partial charge in [0.25, 0.3) is 5.91 Å². The average Bonchev–Trinajstić information content (AvgIpc) is 2.37. The van der Waals surface area contributed by atoms with Crippen LogP contribution in [0.3, 0.4) is 0 Å². The van der Waals surface area contributed by atoms with Crippen molar-refractivity contribution in [2.45, 2.75) is 32.7 Å². The van der Waals surface area contributed by atoms with E-state index in [1.54, 1.807) is 18.2 Å². The van der Waals surface area contributed by atoms with E-state index in [1.165, 1.54) is 0 Å². The minimum atomic E-state index is -0.0162. The summed E-state index contributed by atoms with van der Waals surface area (Å²) in [7, 11) is 0. The predicted octanol–water partition coefficient (Wildman–Crippen LogP) is 4.97. The molecule has 19 heavy (non-hydrogen) atoms. The molecular weight excluding hydrogens is 349 g/mol. The Morgan fingerprint density at radius 1 is 1.32 bits per heavy atom. The van der Waals surface area contributed by atoms with Crippen molar-refractivity contribution in [3.63, 3.8) is 0 Å². The standard InChI is InChI=1S/C14H18BrCl2NO/c1-3-13(4-2)18(6-5-16)14(19)10-7-11(15)9-12(17)8-10/h7-9,13H,3-6H2,1-2H3. The lowest BCUT2D eigenvalue weighted by Gasteiger charge is -2.30. The molecule has 0 saturated carbocycles. The van der Waals surface area contributed by atoms with Crippen LogP contribution in [0, 0.1) is 0 Å². The van der Waals surface area contributed by atoms with Crippen LogP contribution in [0.15, 0.2) is 22.7 Å². The van der Waals surface area contributed by atoms with Crippen molar-refractivity contribution in [3.8, 4) is 0 Å². The van der Waals surface area contributed by atoms with Gasteiger partial charge in [-0.25, -0.2) is 0 Å². The lowest BCUT2D eigenvalue weighted by molar-refractivity contribution is 0.0681. The van der Waals surface area contributed by atoms with Crippen LogP contribution >= 0.6 is 39.1 Å². The maximum Gasteiger partial charge on any atom is 0.254 e. The smallest absolute Gasteiger partial charge is 0.254 e. The lowest BCUT2D eigenvalue weighted by Crippen LogP contribution is -2.41. The Labute approximate surface area is 133 Å². The van der Waals surface area contributed by atoms with E-state index in [0.29, 0.717) is 23.0 Å². The molecule has 0 unspecified atom stereocenters. The molecule has 2 nitrogen and oxygen atoms in total. The van der Waals surface area contributed by atoms with Crippen LogP contribution in [0.5, 0.6) is 0 Å². The van der Waals surface area contributed by atoms with Gasteiger partial charge in [-0.3, -0.25) is 4.79 Å². The fraction of sp³-hybridized carbons (Fsp3) is 0.500. The molecule has 0 N–H and O–H groups in total. The Kier molecular flexibility index (Phi) is 7.19. The van der Waals surface area contributed by atoms with Gasteiger partial charge in [-0.05, 0) is 31.0 Å². The minimum absolute atomic E-state index is 0.0162. The SMILES string of the molecule is CCC(CC)N(CCCl)C(=O)c1cc(Cl)cc(Br)c1. The van der Waals surface area contributed by atoms with E-state index in [2.05, 4.69) is 29.8 Å². The number of benzene rings is 1. The van der Waals surface area contributed by atoms with E-state index in [-0.39, 0.29) is 11.9 Å². The molecular formula is C14H18BrCl2NO. The second-order valence-electron chi connectivity index (χ2n) is 4.32. The van der Waals surface area contributed by atoms with Crippen LogP contribution in [0.2, 0.25) is 5.02 Å². The van der Waals surface area contributed by atoms with Crippen LogP contribution in [0.25, 0.3) is 0 Å². The Balaban J connectivity index is 3.04. The number of alkyl halides is 1. The maximum atomic E-state index is 12.6. The molecule has 106 valence electrons. The summed E-state index contributed by atoms with van der Waals surface area (Å²) >= 11 is 15.2. The van der Waals surface area contributed by atoms with Crippen molar-refractivity contribution in [2.24, 2.45) is 0 Å². The normalized spacial score (nSPS) is 10.8. The molecule has 0 aliphatic carbocycles. The van der Waals surface area contributed by atoms with Crippen molar-refractivity contribution in [2.75, 3.05) is 12.4 Å². The third-order valence-electron chi connectivity index (χ3n) is 3.08. The summed E-state index contributed by atoms with van der Waals surface area (Å²) in [5.74, 6) is 0.418. The summed E-state index contributed by atoms with van der Waals surface area (Å²) in [6, 6.07) is 5.46. The second kappa shape index (κ2) is 8.13. The summed E-state index contributed by atoms with van der Waals surface area (Å²) in [6.45, 7) is 4.71. The molecule has 0 aliphatic heterocycles. The van der Waals surface area contributed by atoms with Crippen molar-refractivity contribution in [1.82, 2.24) is 4.90 Å². The van der Waals surface area contributed by atoms with E-state index in [0.717, 1.165) is 17.3 Å². The molecule has 0 heterocycles. The average molecular weight is 367 g/mol. The lowest BCUT2D eigenvalue weighted by atomic mass is 10.1. The molecule has 0 radical (unpaired) electrons. The first kappa shape index (κ1) is 16.8. The van der Waals surface area contributed by atoms with E-state index < -0.39 is 0 Å². The van der Waals surface area contributed by atoms with Crippen molar-refractivity contribution >= 4 is 45.0 Å². The molecule has 1 aromatic rings. The van der Waals surface area contributed by atoms with Gasteiger partial charge in [0.05, 0.1) is 0 Å². The molecule has 1 rings (SSSR count). The highest BCUT2D eigenvalue weighted by Gasteiger charge is 2.22. The van der Waals surface area contributed by atoms with Gasteiger partial charge in [-0.15, -0.1) is 11.6 Å². The zero-order valence-electron chi connectivity index (χ0n) is 11.1. The van der Waals surface area contributed by atoms with Gasteiger partial charge in [0.1, 0.15) is 0 Å². The fourth-order valence-corrected chi connectivity index (χ4v) is 3.16. The molecule has 1 aromatic carbocycles. The third-order valence-corrected chi connectivity index (χ3v) is 3.92. The molecule has 0 spiro atoms. The molecule has 1 amide bonds. The fourth-order valence-electron chi connectivity index (χ4n) is 2.11. The molecule has 0 fully saturated rings. The molecule has 0 aromatic heterocycles. The highest BCUT2D eigenvalue weighted by atomic mass is 79.9. The van der Waals surface area contributed by atoms with Crippen molar-refractivity contribution in [3.05, 3.63) is 33.3 Å². The van der Waals surface area contributed by atoms with Crippen molar-refractivity contribution in [1.29, 1.82) is 0 Å². The first-order valence-corrected chi connectivity index (χ1v) is 8.07. The predicted molar refractivity (Wildman–Crippen MR) is 85.3 cm³/mol. The van der Waals surface area contributed by atoms with Gasteiger partial charge in [0, 0.05) is 33.5 Å². The van der Waals surface area contributed by atoms with Crippen molar-refractivity contribution < 1.29 is 4.79 Å². The summed E-state index contributed by atoms with van der Waals surface area (Å²) in [4.78, 5) is 14.4. The Bertz CT molecular complexity index is 415. The van der Waals surface area contributed by atoms with Gasteiger partial charge in [-0.1, -0.05) is 41.4 Å². The van der Waals surface area contributed by atoms with Crippen LogP contribution in [-0.2, 0) is 0 Å². The summed E-state index contributed by atoms with van der Waals surface area (Å²) in [5, 5.41) is 0.549. The van der Waals surface area contributed by atoms with E-state index >= 15 is 0 Å². The van der Waals surface area contributed by atoms with Crippen LogP contribution < -0.4 is 0 Å². The van der Waals surface area contributed by atoms with Crippen LogP contribution in [-0.4, -0.2) is 29.3 Å². The first-order valence-electron chi connectivity index (χ1n) is 6.36. The number of hydrogen-bond donors (Lipinski definition) is 0. The molecule has 0 atom stereocenters. The summed E-state index contributed by atoms with van der Waals surface area (Å²) in [6.07, 6.45) is 1.84.